The number of carbonyl (C=O) groups excluding carboxylic acids is 3. The molecule has 0 unspecified atom stereocenters. The molecule has 1 heterocycles. The predicted octanol–water partition coefficient (Wildman–Crippen LogP) is 0.289. The summed E-state index contributed by atoms with van der Waals surface area (Å²) in [5, 5.41) is 1.44. The number of thiol groups is 1. The first-order valence-corrected chi connectivity index (χ1v) is 4.03. The minimum atomic E-state index is -0.888. The molecule has 6 heteroatoms. The molecule has 1 amide bonds. The standard InChI is InChI=1S/C8H6N2O3S/c11-4-10-5-1-2-9-6(3-5)7(12)8(13)14/h1-4H,(H,13,14)(H,9,10,11). The lowest BCUT2D eigenvalue weighted by molar-refractivity contribution is -0.107. The van der Waals surface area contributed by atoms with Crippen molar-refractivity contribution < 1.29 is 14.4 Å². The second-order valence-corrected chi connectivity index (χ2v) is 2.73. The molecular formula is C8H6N2O3S. The van der Waals surface area contributed by atoms with Crippen LogP contribution >= 0.6 is 12.6 Å². The van der Waals surface area contributed by atoms with E-state index in [1.807, 2.05) is 0 Å². The summed E-state index contributed by atoms with van der Waals surface area (Å²) in [6.45, 7) is 0. The summed E-state index contributed by atoms with van der Waals surface area (Å²) in [4.78, 5) is 35.5. The number of pyridine rings is 1. The highest BCUT2D eigenvalue weighted by Crippen LogP contribution is 2.08. The van der Waals surface area contributed by atoms with Crippen molar-refractivity contribution in [2.24, 2.45) is 0 Å². The van der Waals surface area contributed by atoms with Crippen LogP contribution in [0.15, 0.2) is 18.3 Å². The SMILES string of the molecule is O=CNc1ccnc(C(=O)C(=O)S)c1. The maximum absolute atomic E-state index is 11.1. The average Bonchev–Trinajstić information content (AvgIpc) is 2.17. The fourth-order valence-electron chi connectivity index (χ4n) is 0.822. The summed E-state index contributed by atoms with van der Waals surface area (Å²) >= 11 is 3.37. The van der Waals surface area contributed by atoms with Gasteiger partial charge < -0.3 is 5.32 Å². The van der Waals surface area contributed by atoms with Gasteiger partial charge in [0.05, 0.1) is 0 Å². The molecule has 1 aromatic rings. The molecular weight excluding hydrogens is 204 g/mol. The number of aromatic nitrogens is 1. The van der Waals surface area contributed by atoms with E-state index in [0.29, 0.717) is 12.1 Å². The molecule has 0 aliphatic carbocycles. The lowest BCUT2D eigenvalue weighted by atomic mass is 10.2. The number of hydrogen-bond acceptors (Lipinski definition) is 4. The number of Topliss-reactive ketones (excluding diaryl/α,β-unsaturated/α-hetero) is 1. The second-order valence-electron chi connectivity index (χ2n) is 2.33. The van der Waals surface area contributed by atoms with Crippen molar-refractivity contribution in [2.75, 3.05) is 5.32 Å². The van der Waals surface area contributed by atoms with E-state index in [-0.39, 0.29) is 5.69 Å². The molecule has 1 rings (SSSR count). The highest BCUT2D eigenvalue weighted by atomic mass is 32.1. The van der Waals surface area contributed by atoms with Gasteiger partial charge >= 0.3 is 0 Å². The van der Waals surface area contributed by atoms with Gasteiger partial charge in [-0.05, 0) is 12.1 Å². The van der Waals surface area contributed by atoms with Crippen molar-refractivity contribution in [3.8, 4) is 0 Å². The van der Waals surface area contributed by atoms with E-state index in [0.717, 1.165) is 0 Å². The van der Waals surface area contributed by atoms with Gasteiger partial charge in [-0.1, -0.05) is 12.6 Å². The highest BCUT2D eigenvalue weighted by molar-refractivity contribution is 7.99. The van der Waals surface area contributed by atoms with Gasteiger partial charge in [-0.2, -0.15) is 0 Å². The van der Waals surface area contributed by atoms with Crippen molar-refractivity contribution in [1.29, 1.82) is 0 Å². The maximum atomic E-state index is 11.1. The van der Waals surface area contributed by atoms with Crippen LogP contribution in [0, 0.1) is 0 Å². The van der Waals surface area contributed by atoms with Crippen LogP contribution in [0.25, 0.3) is 0 Å². The number of amides is 1. The Morgan fingerprint density at radius 2 is 2.21 bits per heavy atom. The molecule has 0 saturated heterocycles. The molecule has 0 aliphatic rings. The number of hydrogen-bond donors (Lipinski definition) is 2. The Balaban J connectivity index is 2.99. The van der Waals surface area contributed by atoms with Crippen LogP contribution in [-0.2, 0) is 9.59 Å². The van der Waals surface area contributed by atoms with Crippen LogP contribution in [0.2, 0.25) is 0 Å². The molecule has 0 spiro atoms. The Kier molecular flexibility index (Phi) is 3.35. The van der Waals surface area contributed by atoms with Gasteiger partial charge in [0, 0.05) is 11.9 Å². The first kappa shape index (κ1) is 10.4. The highest BCUT2D eigenvalue weighted by Gasteiger charge is 2.13. The summed E-state index contributed by atoms with van der Waals surface area (Å²) in [6, 6.07) is 2.79. The van der Waals surface area contributed by atoms with Gasteiger partial charge in [0.15, 0.2) is 0 Å². The third kappa shape index (κ3) is 2.40. The van der Waals surface area contributed by atoms with Crippen molar-refractivity contribution in [1.82, 2.24) is 4.98 Å². The minimum Gasteiger partial charge on any atom is -0.329 e. The molecule has 0 fully saturated rings. The largest absolute Gasteiger partial charge is 0.329 e. The molecule has 0 radical (unpaired) electrons. The summed E-state index contributed by atoms with van der Waals surface area (Å²) in [5.41, 5.74) is 0.352. The maximum Gasteiger partial charge on any atom is 0.258 e. The summed E-state index contributed by atoms with van der Waals surface area (Å²) < 4.78 is 0. The third-order valence-electron chi connectivity index (χ3n) is 1.41. The Hall–Kier alpha value is -1.69. The molecule has 0 aromatic carbocycles. The van der Waals surface area contributed by atoms with Crippen molar-refractivity contribution >= 4 is 35.6 Å². The third-order valence-corrected chi connectivity index (χ3v) is 1.62. The lowest BCUT2D eigenvalue weighted by Crippen LogP contribution is -2.10. The molecule has 0 saturated carbocycles. The number of nitrogens with one attached hydrogen (secondary N) is 1. The predicted molar refractivity (Wildman–Crippen MR) is 52.2 cm³/mol. The minimum absolute atomic E-state index is 0.0446. The van der Waals surface area contributed by atoms with Gasteiger partial charge in [-0.25, -0.2) is 0 Å². The first-order chi connectivity index (χ1) is 6.65. The second kappa shape index (κ2) is 4.52. The molecule has 0 aliphatic heterocycles. The van der Waals surface area contributed by atoms with Gasteiger partial charge in [0.25, 0.3) is 10.9 Å². The zero-order valence-electron chi connectivity index (χ0n) is 6.93. The number of ketones is 1. The number of nitrogens with zero attached hydrogens (tertiary/aromatic N) is 1. The molecule has 0 atom stereocenters. The molecule has 14 heavy (non-hydrogen) atoms. The summed E-state index contributed by atoms with van der Waals surface area (Å²) in [6.07, 6.45) is 1.78. The van der Waals surface area contributed by atoms with E-state index in [1.54, 1.807) is 0 Å². The average molecular weight is 210 g/mol. The lowest BCUT2D eigenvalue weighted by Gasteiger charge is -1.99. The molecule has 72 valence electrons. The van der Waals surface area contributed by atoms with Crippen LogP contribution in [-0.4, -0.2) is 22.3 Å². The van der Waals surface area contributed by atoms with Gasteiger partial charge in [0.2, 0.25) is 6.41 Å². The van der Waals surface area contributed by atoms with E-state index in [1.165, 1.54) is 18.3 Å². The van der Waals surface area contributed by atoms with Crippen molar-refractivity contribution in [3.05, 3.63) is 24.0 Å². The Bertz CT molecular complexity index is 392. The zero-order chi connectivity index (χ0) is 10.6. The van der Waals surface area contributed by atoms with Crippen molar-refractivity contribution in [2.45, 2.75) is 0 Å². The summed E-state index contributed by atoms with van der Waals surface area (Å²) in [5.74, 6) is -0.803. The van der Waals surface area contributed by atoms with Crippen LogP contribution in [0.1, 0.15) is 10.5 Å². The molecule has 1 N–H and O–H groups in total. The Morgan fingerprint density at radius 3 is 2.79 bits per heavy atom. The van der Waals surface area contributed by atoms with Gasteiger partial charge in [0.1, 0.15) is 5.69 Å². The van der Waals surface area contributed by atoms with E-state index >= 15 is 0 Å². The molecule has 1 aromatic heterocycles. The first-order valence-electron chi connectivity index (χ1n) is 3.59. The van der Waals surface area contributed by atoms with Gasteiger partial charge in [-0.3, -0.25) is 19.4 Å². The monoisotopic (exact) mass is 210 g/mol. The number of anilines is 1. The number of rotatable bonds is 4. The smallest absolute Gasteiger partial charge is 0.258 e. The van der Waals surface area contributed by atoms with Crippen LogP contribution in [0.5, 0.6) is 0 Å². The normalized spacial score (nSPS) is 9.21. The van der Waals surface area contributed by atoms with Crippen LogP contribution in [0.3, 0.4) is 0 Å². The van der Waals surface area contributed by atoms with E-state index in [2.05, 4.69) is 22.9 Å². The van der Waals surface area contributed by atoms with Gasteiger partial charge in [-0.15, -0.1) is 0 Å². The van der Waals surface area contributed by atoms with E-state index in [9.17, 15) is 14.4 Å². The Labute approximate surface area is 84.9 Å². The van der Waals surface area contributed by atoms with Crippen LogP contribution < -0.4 is 5.32 Å². The van der Waals surface area contributed by atoms with E-state index in [4.69, 9.17) is 0 Å². The zero-order valence-corrected chi connectivity index (χ0v) is 7.82. The molecule has 5 nitrogen and oxygen atoms in total. The quantitative estimate of drug-likeness (QED) is 0.324. The number of carbonyl (C=O) groups is 3. The summed E-state index contributed by atoms with van der Waals surface area (Å²) in [7, 11) is 0. The van der Waals surface area contributed by atoms with E-state index < -0.39 is 10.9 Å². The van der Waals surface area contributed by atoms with Crippen molar-refractivity contribution in [3.63, 3.8) is 0 Å². The fourth-order valence-corrected chi connectivity index (χ4v) is 0.937. The van der Waals surface area contributed by atoms with Crippen LogP contribution in [0.4, 0.5) is 5.69 Å². The topological polar surface area (TPSA) is 76.1 Å². The molecule has 0 bridgehead atoms. The Morgan fingerprint density at radius 1 is 1.50 bits per heavy atom. The fraction of sp³-hybridized carbons (Fsp3) is 0.